The zero-order chi connectivity index (χ0) is 21.5. The summed E-state index contributed by atoms with van der Waals surface area (Å²) >= 11 is 0. The highest BCUT2D eigenvalue weighted by Crippen LogP contribution is 2.43. The van der Waals surface area contributed by atoms with Gasteiger partial charge in [-0.05, 0) is 36.8 Å². The molecule has 0 amide bonds. The molecule has 2 aromatic rings. The number of nitrogens with zero attached hydrogens (tertiary/aromatic N) is 4. The van der Waals surface area contributed by atoms with Gasteiger partial charge in [0, 0.05) is 25.7 Å². The Morgan fingerprint density at radius 1 is 1.37 bits per heavy atom. The SMILES string of the molecule is [C-]#[N+]CCNCC1(C)CCN(c2ccc3c(=O)n(N)c(=O)n(C4CC4)c3c2OC)C1. The summed E-state index contributed by atoms with van der Waals surface area (Å²) in [4.78, 5) is 31.0. The summed E-state index contributed by atoms with van der Waals surface area (Å²) in [6, 6.07) is 3.69. The molecule has 1 aromatic carbocycles. The summed E-state index contributed by atoms with van der Waals surface area (Å²) in [5.74, 6) is 6.32. The normalized spacial score (nSPS) is 21.2. The largest absolute Gasteiger partial charge is 0.492 e. The lowest BCUT2D eigenvalue weighted by molar-refractivity contribution is 0.346. The molecule has 1 atom stereocenters. The van der Waals surface area contributed by atoms with Crippen LogP contribution in [0, 0.1) is 12.0 Å². The Morgan fingerprint density at radius 2 is 2.13 bits per heavy atom. The topological polar surface area (TPSA) is 98.9 Å². The first-order valence-corrected chi connectivity index (χ1v) is 10.3. The second kappa shape index (κ2) is 7.69. The quantitative estimate of drug-likeness (QED) is 0.399. The fraction of sp³-hybridized carbons (Fsp3) is 0.571. The minimum absolute atomic E-state index is 0.0510. The number of fused-ring (bicyclic) bond motifs is 1. The van der Waals surface area contributed by atoms with Crippen molar-refractivity contribution in [2.24, 2.45) is 5.41 Å². The molecule has 9 nitrogen and oxygen atoms in total. The molecule has 0 radical (unpaired) electrons. The summed E-state index contributed by atoms with van der Waals surface area (Å²) in [7, 11) is 1.58. The molecule has 1 saturated heterocycles. The first-order chi connectivity index (χ1) is 14.4. The third-order valence-electron chi connectivity index (χ3n) is 6.18. The van der Waals surface area contributed by atoms with Gasteiger partial charge < -0.3 is 25.6 Å². The summed E-state index contributed by atoms with van der Waals surface area (Å²) < 4.78 is 8.10. The summed E-state index contributed by atoms with van der Waals surface area (Å²) in [5, 5.41) is 3.77. The molecule has 1 aliphatic heterocycles. The molecule has 3 N–H and O–H groups in total. The molecule has 1 aliphatic carbocycles. The van der Waals surface area contributed by atoms with E-state index in [0.717, 1.165) is 44.6 Å². The van der Waals surface area contributed by atoms with E-state index in [1.807, 2.05) is 6.07 Å². The van der Waals surface area contributed by atoms with Crippen LogP contribution in [0.15, 0.2) is 21.7 Å². The Morgan fingerprint density at radius 3 is 2.80 bits per heavy atom. The Hall–Kier alpha value is -2.99. The molecule has 2 fully saturated rings. The fourth-order valence-electron chi connectivity index (χ4n) is 4.42. The fourth-order valence-corrected chi connectivity index (χ4v) is 4.42. The minimum atomic E-state index is -0.507. The van der Waals surface area contributed by atoms with Crippen molar-refractivity contribution in [3.63, 3.8) is 0 Å². The molecule has 2 aliphatic rings. The highest BCUT2D eigenvalue weighted by atomic mass is 16.5. The summed E-state index contributed by atoms with van der Waals surface area (Å²) in [5.41, 5.74) is 0.488. The number of hydrogen-bond donors (Lipinski definition) is 2. The first-order valence-electron chi connectivity index (χ1n) is 10.3. The van der Waals surface area contributed by atoms with Gasteiger partial charge in [-0.1, -0.05) is 6.92 Å². The first kappa shape index (κ1) is 20.3. The molecule has 2 heterocycles. The van der Waals surface area contributed by atoms with Crippen LogP contribution in [0.2, 0.25) is 0 Å². The zero-order valence-corrected chi connectivity index (χ0v) is 17.5. The molecule has 1 unspecified atom stereocenters. The van der Waals surface area contributed by atoms with Gasteiger partial charge in [0.05, 0.1) is 24.7 Å². The van der Waals surface area contributed by atoms with Gasteiger partial charge in [-0.2, -0.15) is 4.68 Å². The molecular formula is C21H28N6O3. The number of nitrogens with one attached hydrogen (secondary N) is 1. The van der Waals surface area contributed by atoms with Crippen LogP contribution in [0.25, 0.3) is 15.7 Å². The smallest absolute Gasteiger partial charge is 0.350 e. The van der Waals surface area contributed by atoms with Crippen LogP contribution < -0.4 is 32.0 Å². The van der Waals surface area contributed by atoms with Crippen LogP contribution in [-0.4, -0.2) is 49.1 Å². The number of methoxy groups -OCH3 is 1. The lowest BCUT2D eigenvalue weighted by Crippen LogP contribution is -2.44. The van der Waals surface area contributed by atoms with E-state index in [0.29, 0.717) is 34.4 Å². The number of nitrogens with two attached hydrogens (primary N) is 1. The number of benzene rings is 1. The van der Waals surface area contributed by atoms with Crippen LogP contribution in [0.4, 0.5) is 5.69 Å². The number of anilines is 1. The second-order valence-corrected chi connectivity index (χ2v) is 8.61. The van der Waals surface area contributed by atoms with E-state index in [1.165, 1.54) is 0 Å². The highest BCUT2D eigenvalue weighted by Gasteiger charge is 2.36. The van der Waals surface area contributed by atoms with E-state index in [9.17, 15) is 9.59 Å². The molecule has 160 valence electrons. The van der Waals surface area contributed by atoms with Gasteiger partial charge in [0.1, 0.15) is 5.52 Å². The monoisotopic (exact) mass is 412 g/mol. The summed E-state index contributed by atoms with van der Waals surface area (Å²) in [6.07, 6.45) is 2.77. The molecule has 30 heavy (non-hydrogen) atoms. The van der Waals surface area contributed by atoms with Gasteiger partial charge in [-0.15, -0.1) is 0 Å². The highest BCUT2D eigenvalue weighted by molar-refractivity contribution is 5.90. The maximum absolute atomic E-state index is 12.8. The van der Waals surface area contributed by atoms with Gasteiger partial charge in [-0.25, -0.2) is 11.4 Å². The van der Waals surface area contributed by atoms with Gasteiger partial charge in [0.15, 0.2) is 5.75 Å². The van der Waals surface area contributed by atoms with Crippen molar-refractivity contribution in [2.75, 3.05) is 50.6 Å². The molecule has 0 bridgehead atoms. The zero-order valence-electron chi connectivity index (χ0n) is 17.5. The lowest BCUT2D eigenvalue weighted by atomic mass is 9.90. The predicted molar refractivity (Wildman–Crippen MR) is 117 cm³/mol. The van der Waals surface area contributed by atoms with E-state index in [1.54, 1.807) is 17.7 Å². The van der Waals surface area contributed by atoms with Crippen LogP contribution >= 0.6 is 0 Å². The Balaban J connectivity index is 1.74. The average molecular weight is 412 g/mol. The maximum atomic E-state index is 12.8. The number of nitrogen functional groups attached to an aromatic ring is 1. The second-order valence-electron chi connectivity index (χ2n) is 8.61. The van der Waals surface area contributed by atoms with Gasteiger partial charge in [-0.3, -0.25) is 9.36 Å². The molecular weight excluding hydrogens is 384 g/mol. The van der Waals surface area contributed by atoms with Crippen molar-refractivity contribution in [1.82, 2.24) is 14.6 Å². The Kier molecular flexibility index (Phi) is 5.20. The molecule has 4 rings (SSSR count). The Labute approximate surface area is 174 Å². The van der Waals surface area contributed by atoms with Crippen LogP contribution in [0.1, 0.15) is 32.2 Å². The predicted octanol–water partition coefficient (Wildman–Crippen LogP) is 0.946. The molecule has 9 heteroatoms. The number of ether oxygens (including phenoxy) is 1. The number of hydrogen-bond acceptors (Lipinski definition) is 6. The van der Waals surface area contributed by atoms with Crippen molar-refractivity contribution >= 4 is 16.6 Å². The van der Waals surface area contributed by atoms with Crippen molar-refractivity contribution in [3.8, 4) is 5.75 Å². The average Bonchev–Trinajstić information content (AvgIpc) is 3.50. The molecule has 1 aromatic heterocycles. The van der Waals surface area contributed by atoms with Gasteiger partial charge in [0.2, 0.25) is 6.54 Å². The van der Waals surface area contributed by atoms with Crippen LogP contribution in [-0.2, 0) is 0 Å². The van der Waals surface area contributed by atoms with Crippen molar-refractivity contribution in [3.05, 3.63) is 44.4 Å². The van der Waals surface area contributed by atoms with E-state index in [-0.39, 0.29) is 11.5 Å². The van der Waals surface area contributed by atoms with Crippen LogP contribution in [0.3, 0.4) is 0 Å². The number of aromatic nitrogens is 2. The third kappa shape index (κ3) is 3.41. The molecule has 0 spiro atoms. The van der Waals surface area contributed by atoms with Crippen LogP contribution in [0.5, 0.6) is 5.75 Å². The van der Waals surface area contributed by atoms with Gasteiger partial charge in [0.25, 0.3) is 5.56 Å². The minimum Gasteiger partial charge on any atom is -0.492 e. The van der Waals surface area contributed by atoms with E-state index >= 15 is 0 Å². The lowest BCUT2D eigenvalue weighted by Gasteiger charge is -2.27. The molecule has 1 saturated carbocycles. The third-order valence-corrected chi connectivity index (χ3v) is 6.18. The maximum Gasteiger partial charge on any atom is 0.350 e. The van der Waals surface area contributed by atoms with Crippen molar-refractivity contribution in [2.45, 2.75) is 32.2 Å². The van der Waals surface area contributed by atoms with E-state index in [4.69, 9.17) is 17.2 Å². The summed E-state index contributed by atoms with van der Waals surface area (Å²) in [6.45, 7) is 12.8. The van der Waals surface area contributed by atoms with Gasteiger partial charge >= 0.3 is 5.69 Å². The number of rotatable bonds is 7. The van der Waals surface area contributed by atoms with Crippen molar-refractivity contribution < 1.29 is 4.74 Å². The van der Waals surface area contributed by atoms with E-state index in [2.05, 4.69) is 22.0 Å². The van der Waals surface area contributed by atoms with E-state index < -0.39 is 11.2 Å². The Bertz CT molecular complexity index is 1130. The van der Waals surface area contributed by atoms with Crippen molar-refractivity contribution in [1.29, 1.82) is 0 Å². The standard InChI is InChI=1S/C21H28N6O3/c1-21(12-24-10-9-23-2)8-11-25(13-21)16-7-6-15-17(18(16)30-3)26(14-4-5-14)20(29)27(22)19(15)28/h6-7,14,24H,4-5,8-13,22H2,1,3H3.